The van der Waals surface area contributed by atoms with Crippen LogP contribution in [-0.4, -0.2) is 59.9 Å². The summed E-state index contributed by atoms with van der Waals surface area (Å²) < 4.78 is 6.90. The predicted octanol–water partition coefficient (Wildman–Crippen LogP) is 1.03. The number of likely N-dealkylation sites (N-methyl/N-ethyl adjacent to an activating group) is 1. The van der Waals surface area contributed by atoms with E-state index in [0.29, 0.717) is 0 Å². The normalized spacial score (nSPS) is 11.4. The molecule has 1 N–H and O–H groups in total. The van der Waals surface area contributed by atoms with Crippen molar-refractivity contribution in [3.8, 4) is 0 Å². The van der Waals surface area contributed by atoms with Gasteiger partial charge in [-0.15, -0.1) is 0 Å². The second-order valence-electron chi connectivity index (χ2n) is 4.61. The molecule has 2 heterocycles. The van der Waals surface area contributed by atoms with Gasteiger partial charge in [0.2, 0.25) is 0 Å². The molecular weight excluding hydrogens is 242 g/mol. The first-order valence-corrected chi connectivity index (χ1v) is 6.43. The average Bonchev–Trinajstić information content (AvgIpc) is 2.77. The molecule has 0 aromatic carbocycles. The second kappa shape index (κ2) is 6.49. The van der Waals surface area contributed by atoms with Gasteiger partial charge in [0, 0.05) is 39.1 Å². The highest BCUT2D eigenvalue weighted by Crippen LogP contribution is 2.13. The van der Waals surface area contributed by atoms with E-state index >= 15 is 0 Å². The Bertz CT molecular complexity index is 525. The van der Waals surface area contributed by atoms with Gasteiger partial charge in [-0.1, -0.05) is 0 Å². The number of hydrogen-bond donors (Lipinski definition) is 1. The molecule has 2 rings (SSSR count). The van der Waals surface area contributed by atoms with Crippen molar-refractivity contribution in [2.45, 2.75) is 6.92 Å². The summed E-state index contributed by atoms with van der Waals surface area (Å²) in [5, 5.41) is 7.72. The third kappa shape index (κ3) is 3.65. The van der Waals surface area contributed by atoms with Gasteiger partial charge in [0.15, 0.2) is 5.82 Å². The zero-order valence-corrected chi connectivity index (χ0v) is 11.8. The Kier molecular flexibility index (Phi) is 4.70. The average molecular weight is 263 g/mol. The lowest BCUT2D eigenvalue weighted by molar-refractivity contribution is 0.163. The summed E-state index contributed by atoms with van der Waals surface area (Å²) in [6.07, 6.45) is 3.62. The summed E-state index contributed by atoms with van der Waals surface area (Å²) in [5.41, 5.74) is 2.01. The quantitative estimate of drug-likeness (QED) is 0.808. The number of ether oxygens (including phenoxy) is 1. The van der Waals surface area contributed by atoms with E-state index in [-0.39, 0.29) is 0 Å². The van der Waals surface area contributed by atoms with Gasteiger partial charge in [0.05, 0.1) is 12.3 Å². The lowest BCUT2D eigenvalue weighted by atomic mass is 10.4. The van der Waals surface area contributed by atoms with Crippen LogP contribution in [0.4, 0.5) is 5.82 Å². The van der Waals surface area contributed by atoms with Crippen molar-refractivity contribution in [2.24, 2.45) is 0 Å². The molecule has 0 radical (unpaired) electrons. The molecule has 0 fully saturated rings. The maximum absolute atomic E-state index is 5.05. The van der Waals surface area contributed by atoms with E-state index in [1.54, 1.807) is 13.3 Å². The Hall–Kier alpha value is -1.66. The molecule has 0 aliphatic rings. The van der Waals surface area contributed by atoms with Crippen LogP contribution in [-0.2, 0) is 4.74 Å². The van der Waals surface area contributed by atoms with E-state index in [4.69, 9.17) is 4.74 Å². The van der Waals surface area contributed by atoms with Crippen LogP contribution < -0.4 is 5.32 Å². The second-order valence-corrected chi connectivity index (χ2v) is 4.61. The Labute approximate surface area is 113 Å². The summed E-state index contributed by atoms with van der Waals surface area (Å²) in [4.78, 5) is 6.58. The molecule has 0 saturated carbocycles. The Morgan fingerprint density at radius 3 is 3.05 bits per heavy atom. The summed E-state index contributed by atoms with van der Waals surface area (Å²) in [5.74, 6) is 0.878. The molecule has 0 amide bonds. The van der Waals surface area contributed by atoms with Crippen LogP contribution in [0.3, 0.4) is 0 Å². The Morgan fingerprint density at radius 2 is 2.26 bits per heavy atom. The first kappa shape index (κ1) is 13.8. The van der Waals surface area contributed by atoms with Crippen LogP contribution >= 0.6 is 0 Å². The topological polar surface area (TPSA) is 54.7 Å². The molecule has 2 aromatic heterocycles. The third-order valence-electron chi connectivity index (χ3n) is 2.98. The molecule has 0 atom stereocenters. The minimum Gasteiger partial charge on any atom is -0.383 e. The molecule has 0 spiro atoms. The molecule has 0 aliphatic carbocycles. The Balaban J connectivity index is 1.91. The van der Waals surface area contributed by atoms with E-state index in [2.05, 4.69) is 27.3 Å². The van der Waals surface area contributed by atoms with Crippen molar-refractivity contribution in [2.75, 3.05) is 45.7 Å². The largest absolute Gasteiger partial charge is 0.383 e. The number of nitrogens with one attached hydrogen (secondary N) is 1. The number of anilines is 1. The van der Waals surface area contributed by atoms with Gasteiger partial charge in [0.1, 0.15) is 5.52 Å². The maximum Gasteiger partial charge on any atom is 0.152 e. The number of hydrogen-bond acceptors (Lipinski definition) is 5. The maximum atomic E-state index is 5.05. The smallest absolute Gasteiger partial charge is 0.152 e. The van der Waals surface area contributed by atoms with Gasteiger partial charge in [-0.25, -0.2) is 9.50 Å². The van der Waals surface area contributed by atoms with Gasteiger partial charge >= 0.3 is 0 Å². The fraction of sp³-hybridized carbons (Fsp3) is 0.538. The van der Waals surface area contributed by atoms with Crippen molar-refractivity contribution in [1.29, 1.82) is 0 Å². The first-order chi connectivity index (χ1) is 9.20. The van der Waals surface area contributed by atoms with Crippen LogP contribution in [0, 0.1) is 6.92 Å². The van der Waals surface area contributed by atoms with Crippen molar-refractivity contribution in [3.05, 3.63) is 24.2 Å². The Morgan fingerprint density at radius 1 is 1.42 bits per heavy atom. The zero-order valence-electron chi connectivity index (χ0n) is 11.8. The first-order valence-electron chi connectivity index (χ1n) is 6.43. The summed E-state index contributed by atoms with van der Waals surface area (Å²) in [6, 6.07) is 2.03. The number of aromatic nitrogens is 3. The molecule has 0 bridgehead atoms. The lowest BCUT2D eigenvalue weighted by Crippen LogP contribution is -2.28. The molecule has 19 heavy (non-hydrogen) atoms. The summed E-state index contributed by atoms with van der Waals surface area (Å²) >= 11 is 0. The molecule has 0 unspecified atom stereocenters. The number of fused-ring (bicyclic) bond motifs is 1. The molecule has 0 aliphatic heterocycles. The number of aryl methyl sites for hydroxylation is 1. The standard InChI is InChI=1S/C13H21N5O/c1-11-10-12-13(15-5-7-18(12)16-11)14-4-6-17(2)8-9-19-3/h5,7,10H,4,6,8-9H2,1-3H3,(H,14,15). The van der Waals surface area contributed by atoms with E-state index < -0.39 is 0 Å². The van der Waals surface area contributed by atoms with Crippen LogP contribution in [0.1, 0.15) is 5.69 Å². The van der Waals surface area contributed by atoms with Crippen molar-refractivity contribution >= 4 is 11.3 Å². The molecular formula is C13H21N5O. The van der Waals surface area contributed by atoms with Crippen LogP contribution in [0.2, 0.25) is 0 Å². The van der Waals surface area contributed by atoms with Gasteiger partial charge in [-0.3, -0.25) is 0 Å². The fourth-order valence-electron chi connectivity index (χ4n) is 1.90. The number of methoxy groups -OCH3 is 1. The predicted molar refractivity (Wildman–Crippen MR) is 75.6 cm³/mol. The van der Waals surface area contributed by atoms with Crippen molar-refractivity contribution in [1.82, 2.24) is 19.5 Å². The third-order valence-corrected chi connectivity index (χ3v) is 2.98. The fourth-order valence-corrected chi connectivity index (χ4v) is 1.90. The highest BCUT2D eigenvalue weighted by molar-refractivity contribution is 5.67. The van der Waals surface area contributed by atoms with Crippen LogP contribution in [0.15, 0.2) is 18.5 Å². The van der Waals surface area contributed by atoms with Gasteiger partial charge < -0.3 is 15.0 Å². The minimum atomic E-state index is 0.756. The highest BCUT2D eigenvalue weighted by Gasteiger charge is 2.05. The van der Waals surface area contributed by atoms with Crippen molar-refractivity contribution < 1.29 is 4.74 Å². The SMILES string of the molecule is COCCN(C)CCNc1nccn2nc(C)cc12. The van der Waals surface area contributed by atoms with Gasteiger partial charge in [0.25, 0.3) is 0 Å². The lowest BCUT2D eigenvalue weighted by Gasteiger charge is -2.16. The summed E-state index contributed by atoms with van der Waals surface area (Å²) in [6.45, 7) is 5.46. The molecule has 2 aromatic rings. The summed E-state index contributed by atoms with van der Waals surface area (Å²) in [7, 11) is 3.80. The molecule has 6 heteroatoms. The van der Waals surface area contributed by atoms with Crippen LogP contribution in [0.5, 0.6) is 0 Å². The number of nitrogens with zero attached hydrogens (tertiary/aromatic N) is 4. The van der Waals surface area contributed by atoms with E-state index in [9.17, 15) is 0 Å². The highest BCUT2D eigenvalue weighted by atomic mass is 16.5. The molecule has 0 saturated heterocycles. The zero-order chi connectivity index (χ0) is 13.7. The monoisotopic (exact) mass is 263 g/mol. The number of rotatable bonds is 7. The van der Waals surface area contributed by atoms with E-state index in [1.165, 1.54) is 0 Å². The van der Waals surface area contributed by atoms with E-state index in [1.807, 2.05) is 23.7 Å². The van der Waals surface area contributed by atoms with Crippen LogP contribution in [0.25, 0.3) is 5.52 Å². The van der Waals surface area contributed by atoms with Gasteiger partial charge in [-0.05, 0) is 20.0 Å². The molecule has 104 valence electrons. The molecule has 6 nitrogen and oxygen atoms in total. The van der Waals surface area contributed by atoms with Crippen molar-refractivity contribution in [3.63, 3.8) is 0 Å². The van der Waals surface area contributed by atoms with E-state index in [0.717, 1.165) is 43.3 Å². The van der Waals surface area contributed by atoms with Gasteiger partial charge in [-0.2, -0.15) is 5.10 Å². The minimum absolute atomic E-state index is 0.756.